The van der Waals surface area contributed by atoms with E-state index in [0.29, 0.717) is 22.7 Å². The van der Waals surface area contributed by atoms with Gasteiger partial charge in [0, 0.05) is 12.6 Å². The van der Waals surface area contributed by atoms with Gasteiger partial charge in [-0.25, -0.2) is 4.39 Å². The first kappa shape index (κ1) is 16.0. The Morgan fingerprint density at radius 1 is 1.25 bits per heavy atom. The molecule has 3 rings (SSSR count). The molecule has 1 aliphatic heterocycles. The molecule has 2 amide bonds. The van der Waals surface area contributed by atoms with Crippen molar-refractivity contribution in [2.45, 2.75) is 20.0 Å². The van der Waals surface area contributed by atoms with Crippen molar-refractivity contribution >= 4 is 23.2 Å². The number of halogens is 1. The average Bonchev–Trinajstić information content (AvgIpc) is 2.57. The molecule has 24 heavy (non-hydrogen) atoms. The third kappa shape index (κ3) is 3.08. The molecule has 0 spiro atoms. The topological polar surface area (TPSA) is 58.6 Å². The highest BCUT2D eigenvalue weighted by Gasteiger charge is 2.32. The molecule has 2 aromatic rings. The van der Waals surface area contributed by atoms with Crippen molar-refractivity contribution in [3.8, 4) is 5.75 Å². The van der Waals surface area contributed by atoms with Gasteiger partial charge in [-0.15, -0.1) is 0 Å². The van der Waals surface area contributed by atoms with Crippen LogP contribution in [0.2, 0.25) is 0 Å². The molecule has 0 unspecified atom stereocenters. The number of carbonyl (C=O) groups is 2. The summed E-state index contributed by atoms with van der Waals surface area (Å²) < 4.78 is 19.3. The van der Waals surface area contributed by atoms with E-state index in [4.69, 9.17) is 4.74 Å². The lowest BCUT2D eigenvalue weighted by molar-refractivity contribution is -0.123. The van der Waals surface area contributed by atoms with E-state index in [2.05, 4.69) is 5.32 Å². The summed E-state index contributed by atoms with van der Waals surface area (Å²) in [5.74, 6) is -0.536. The molecular formula is C18H17FN2O3. The molecule has 1 heterocycles. The number of rotatable bonds is 2. The fourth-order valence-corrected chi connectivity index (χ4v) is 2.56. The van der Waals surface area contributed by atoms with Crippen LogP contribution in [0.15, 0.2) is 42.5 Å². The van der Waals surface area contributed by atoms with Crippen LogP contribution in [0.4, 0.5) is 15.8 Å². The molecule has 1 aliphatic rings. The molecule has 0 saturated heterocycles. The van der Waals surface area contributed by atoms with Crippen molar-refractivity contribution in [3.63, 3.8) is 0 Å². The van der Waals surface area contributed by atoms with Gasteiger partial charge in [0.15, 0.2) is 6.10 Å². The molecule has 0 bridgehead atoms. The second-order valence-corrected chi connectivity index (χ2v) is 5.66. The van der Waals surface area contributed by atoms with Gasteiger partial charge in [-0.05, 0) is 36.8 Å². The molecule has 0 aliphatic carbocycles. The standard InChI is InChI=1S/C18H17FN2O3/c1-11-7-8-13(9-14(11)19)20-18(23)17-10-21(12(2)22)15-5-3-4-6-16(15)24-17/h3-9,17H,10H2,1-2H3,(H,20,23)/t17-/m0/s1. The molecule has 6 heteroatoms. The van der Waals surface area contributed by atoms with Crippen LogP contribution in [0.25, 0.3) is 0 Å². The monoisotopic (exact) mass is 328 g/mol. The number of nitrogens with zero attached hydrogens (tertiary/aromatic N) is 1. The van der Waals surface area contributed by atoms with Crippen LogP contribution < -0.4 is 15.0 Å². The third-order valence-electron chi connectivity index (χ3n) is 3.89. The van der Waals surface area contributed by atoms with Gasteiger partial charge in [0.2, 0.25) is 5.91 Å². The summed E-state index contributed by atoms with van der Waals surface area (Å²) in [5.41, 5.74) is 1.48. The highest BCUT2D eigenvalue weighted by molar-refractivity contribution is 5.99. The van der Waals surface area contributed by atoms with Crippen LogP contribution in [-0.4, -0.2) is 24.5 Å². The van der Waals surface area contributed by atoms with Gasteiger partial charge >= 0.3 is 0 Å². The predicted molar refractivity (Wildman–Crippen MR) is 88.7 cm³/mol. The predicted octanol–water partition coefficient (Wildman–Crippen LogP) is 2.89. The van der Waals surface area contributed by atoms with Gasteiger partial charge in [-0.2, -0.15) is 0 Å². The number of carbonyl (C=O) groups excluding carboxylic acids is 2. The summed E-state index contributed by atoms with van der Waals surface area (Å²) in [5, 5.41) is 2.63. The Kier molecular flexibility index (Phi) is 4.20. The first-order valence-corrected chi connectivity index (χ1v) is 7.56. The lowest BCUT2D eigenvalue weighted by Crippen LogP contribution is -2.48. The Bertz CT molecular complexity index is 807. The SMILES string of the molecule is CC(=O)N1C[C@@H](C(=O)Nc2ccc(C)c(F)c2)Oc2ccccc21. The van der Waals surface area contributed by atoms with Crippen LogP contribution in [0, 0.1) is 12.7 Å². The number of hydrogen-bond acceptors (Lipinski definition) is 3. The highest BCUT2D eigenvalue weighted by Crippen LogP contribution is 2.33. The summed E-state index contributed by atoms with van der Waals surface area (Å²) in [6.45, 7) is 3.19. The minimum atomic E-state index is -0.867. The molecule has 0 aromatic heterocycles. The van der Waals surface area contributed by atoms with Crippen LogP contribution in [0.1, 0.15) is 12.5 Å². The van der Waals surface area contributed by atoms with Crippen molar-refractivity contribution in [1.29, 1.82) is 0 Å². The highest BCUT2D eigenvalue weighted by atomic mass is 19.1. The molecular weight excluding hydrogens is 311 g/mol. The Hall–Kier alpha value is -2.89. The molecule has 124 valence electrons. The van der Waals surface area contributed by atoms with E-state index in [1.807, 2.05) is 0 Å². The number of hydrogen-bond donors (Lipinski definition) is 1. The van der Waals surface area contributed by atoms with Crippen molar-refractivity contribution in [2.24, 2.45) is 0 Å². The molecule has 2 aromatic carbocycles. The van der Waals surface area contributed by atoms with E-state index in [-0.39, 0.29) is 12.5 Å². The van der Waals surface area contributed by atoms with Crippen LogP contribution >= 0.6 is 0 Å². The van der Waals surface area contributed by atoms with Crippen molar-refractivity contribution in [3.05, 3.63) is 53.8 Å². The van der Waals surface area contributed by atoms with E-state index in [1.54, 1.807) is 43.3 Å². The Labute approximate surface area is 139 Å². The summed E-state index contributed by atoms with van der Waals surface area (Å²) >= 11 is 0. The number of amides is 2. The fraction of sp³-hybridized carbons (Fsp3) is 0.222. The van der Waals surface area contributed by atoms with Gasteiger partial charge in [0.05, 0.1) is 12.2 Å². The van der Waals surface area contributed by atoms with Crippen molar-refractivity contribution < 1.29 is 18.7 Å². The quantitative estimate of drug-likeness (QED) is 0.922. The van der Waals surface area contributed by atoms with Crippen molar-refractivity contribution in [2.75, 3.05) is 16.8 Å². The largest absolute Gasteiger partial charge is 0.476 e. The number of nitrogens with one attached hydrogen (secondary N) is 1. The van der Waals surface area contributed by atoms with E-state index >= 15 is 0 Å². The number of para-hydroxylation sites is 2. The van der Waals surface area contributed by atoms with Crippen LogP contribution in [-0.2, 0) is 9.59 Å². The van der Waals surface area contributed by atoms with Gasteiger partial charge in [-0.1, -0.05) is 18.2 Å². The Morgan fingerprint density at radius 3 is 2.71 bits per heavy atom. The average molecular weight is 328 g/mol. The van der Waals surface area contributed by atoms with Gasteiger partial charge < -0.3 is 15.0 Å². The number of fused-ring (bicyclic) bond motifs is 1. The Balaban J connectivity index is 1.81. The van der Waals surface area contributed by atoms with Gasteiger partial charge in [-0.3, -0.25) is 9.59 Å². The van der Waals surface area contributed by atoms with E-state index < -0.39 is 17.8 Å². The number of anilines is 2. The van der Waals surface area contributed by atoms with Crippen LogP contribution in [0.3, 0.4) is 0 Å². The summed E-state index contributed by atoms with van der Waals surface area (Å²) in [6.07, 6.45) is -0.867. The normalized spacial score (nSPS) is 16.1. The summed E-state index contributed by atoms with van der Waals surface area (Å²) in [7, 11) is 0. The zero-order chi connectivity index (χ0) is 17.3. The third-order valence-corrected chi connectivity index (χ3v) is 3.89. The zero-order valence-electron chi connectivity index (χ0n) is 13.4. The van der Waals surface area contributed by atoms with E-state index in [1.165, 1.54) is 17.9 Å². The molecule has 1 atom stereocenters. The Morgan fingerprint density at radius 2 is 2.00 bits per heavy atom. The van der Waals surface area contributed by atoms with Gasteiger partial charge in [0.1, 0.15) is 11.6 Å². The molecule has 0 saturated carbocycles. The molecule has 0 fully saturated rings. The first-order valence-electron chi connectivity index (χ1n) is 7.56. The zero-order valence-corrected chi connectivity index (χ0v) is 13.4. The molecule has 5 nitrogen and oxygen atoms in total. The van der Waals surface area contributed by atoms with Crippen molar-refractivity contribution in [1.82, 2.24) is 0 Å². The second-order valence-electron chi connectivity index (χ2n) is 5.66. The number of benzene rings is 2. The molecule has 1 N–H and O–H groups in total. The number of ether oxygens (including phenoxy) is 1. The maximum atomic E-state index is 13.6. The minimum Gasteiger partial charge on any atom is -0.476 e. The van der Waals surface area contributed by atoms with Gasteiger partial charge in [0.25, 0.3) is 5.91 Å². The first-order chi connectivity index (χ1) is 11.5. The second kappa shape index (κ2) is 6.31. The fourth-order valence-electron chi connectivity index (χ4n) is 2.56. The summed E-state index contributed by atoms with van der Waals surface area (Å²) in [4.78, 5) is 25.8. The minimum absolute atomic E-state index is 0.104. The molecule has 0 radical (unpaired) electrons. The maximum Gasteiger partial charge on any atom is 0.267 e. The van der Waals surface area contributed by atoms with E-state index in [0.717, 1.165) is 0 Å². The summed E-state index contributed by atoms with van der Waals surface area (Å²) in [6, 6.07) is 11.5. The lowest BCUT2D eigenvalue weighted by atomic mass is 10.1. The van der Waals surface area contributed by atoms with Crippen LogP contribution in [0.5, 0.6) is 5.75 Å². The number of aryl methyl sites for hydroxylation is 1. The lowest BCUT2D eigenvalue weighted by Gasteiger charge is -2.33. The van der Waals surface area contributed by atoms with E-state index in [9.17, 15) is 14.0 Å². The maximum absolute atomic E-state index is 13.6. The smallest absolute Gasteiger partial charge is 0.267 e.